The zero-order chi connectivity index (χ0) is 15.5. The van der Waals surface area contributed by atoms with Crippen molar-refractivity contribution in [2.24, 2.45) is 0 Å². The van der Waals surface area contributed by atoms with Crippen LogP contribution in [-0.2, 0) is 6.18 Å². The molecule has 0 bridgehead atoms. The van der Waals surface area contributed by atoms with Gasteiger partial charge in [0.15, 0.2) is 0 Å². The maximum Gasteiger partial charge on any atom is 0.416 e. The van der Waals surface area contributed by atoms with Crippen LogP contribution >= 0.6 is 11.3 Å². The van der Waals surface area contributed by atoms with Crippen LogP contribution in [-0.4, -0.2) is 6.54 Å². The van der Waals surface area contributed by atoms with Crippen molar-refractivity contribution in [3.05, 3.63) is 57.3 Å². The Labute approximate surface area is 126 Å². The molecule has 0 spiro atoms. The lowest BCUT2D eigenvalue weighted by Crippen LogP contribution is -2.25. The van der Waals surface area contributed by atoms with Crippen molar-refractivity contribution in [2.75, 3.05) is 6.54 Å². The number of benzene rings is 1. The summed E-state index contributed by atoms with van der Waals surface area (Å²) >= 11 is 1.53. The lowest BCUT2D eigenvalue weighted by atomic mass is 9.98. The Bertz CT molecular complexity index is 589. The highest BCUT2D eigenvalue weighted by Crippen LogP contribution is 2.38. The van der Waals surface area contributed by atoms with Crippen LogP contribution in [0, 0.1) is 6.92 Å². The number of rotatable bonds is 5. The smallest absolute Gasteiger partial charge is 0.306 e. The van der Waals surface area contributed by atoms with Crippen molar-refractivity contribution >= 4 is 11.3 Å². The minimum Gasteiger partial charge on any atom is -0.306 e. The Balaban J connectivity index is 2.46. The van der Waals surface area contributed by atoms with Gasteiger partial charge in [-0.1, -0.05) is 25.1 Å². The SMILES string of the molecule is CCCNC(c1ccc(C)s1)c1ccccc1C(F)(F)F. The van der Waals surface area contributed by atoms with E-state index in [4.69, 9.17) is 0 Å². The number of hydrogen-bond donors (Lipinski definition) is 1. The van der Waals surface area contributed by atoms with Gasteiger partial charge in [-0.25, -0.2) is 0 Å². The van der Waals surface area contributed by atoms with E-state index in [1.807, 2.05) is 26.0 Å². The van der Waals surface area contributed by atoms with Crippen molar-refractivity contribution in [1.29, 1.82) is 0 Å². The van der Waals surface area contributed by atoms with E-state index in [1.165, 1.54) is 17.4 Å². The highest BCUT2D eigenvalue weighted by Gasteiger charge is 2.35. The van der Waals surface area contributed by atoms with E-state index in [0.717, 1.165) is 22.2 Å². The van der Waals surface area contributed by atoms with Crippen LogP contribution in [0.15, 0.2) is 36.4 Å². The summed E-state index contributed by atoms with van der Waals surface area (Å²) in [6.07, 6.45) is -3.47. The summed E-state index contributed by atoms with van der Waals surface area (Å²) in [5.74, 6) is 0. The van der Waals surface area contributed by atoms with Crippen LogP contribution in [0.4, 0.5) is 13.2 Å². The molecule has 0 aliphatic heterocycles. The third kappa shape index (κ3) is 3.86. The zero-order valence-electron chi connectivity index (χ0n) is 12.0. The number of hydrogen-bond acceptors (Lipinski definition) is 2. The number of thiophene rings is 1. The van der Waals surface area contributed by atoms with Crippen LogP contribution in [0.25, 0.3) is 0 Å². The summed E-state index contributed by atoms with van der Waals surface area (Å²) < 4.78 is 39.7. The normalized spacial score (nSPS) is 13.4. The van der Waals surface area contributed by atoms with Gasteiger partial charge in [0.2, 0.25) is 0 Å². The second kappa shape index (κ2) is 6.62. The van der Waals surface area contributed by atoms with Gasteiger partial charge in [0.25, 0.3) is 0 Å². The van der Waals surface area contributed by atoms with Gasteiger partial charge in [-0.3, -0.25) is 0 Å². The molecule has 1 aromatic carbocycles. The van der Waals surface area contributed by atoms with Crippen molar-refractivity contribution < 1.29 is 13.2 Å². The molecule has 114 valence electrons. The summed E-state index contributed by atoms with van der Waals surface area (Å²) in [5.41, 5.74) is -0.273. The van der Waals surface area contributed by atoms with Gasteiger partial charge in [0.05, 0.1) is 11.6 Å². The van der Waals surface area contributed by atoms with Crippen molar-refractivity contribution in [3.63, 3.8) is 0 Å². The molecule has 0 aliphatic rings. The molecule has 1 heterocycles. The molecule has 1 atom stereocenters. The summed E-state index contributed by atoms with van der Waals surface area (Å²) in [6.45, 7) is 4.63. The molecule has 0 aliphatic carbocycles. The van der Waals surface area contributed by atoms with Crippen molar-refractivity contribution in [1.82, 2.24) is 5.32 Å². The average Bonchev–Trinajstić information content (AvgIpc) is 2.85. The maximum atomic E-state index is 13.2. The molecule has 1 aromatic heterocycles. The Morgan fingerprint density at radius 3 is 2.43 bits per heavy atom. The summed E-state index contributed by atoms with van der Waals surface area (Å²) in [6, 6.07) is 9.23. The van der Waals surface area contributed by atoms with E-state index < -0.39 is 17.8 Å². The number of nitrogens with one attached hydrogen (secondary N) is 1. The minimum atomic E-state index is -4.34. The topological polar surface area (TPSA) is 12.0 Å². The predicted molar refractivity (Wildman–Crippen MR) is 80.6 cm³/mol. The first-order valence-corrected chi connectivity index (χ1v) is 7.71. The highest BCUT2D eigenvalue weighted by atomic mass is 32.1. The first kappa shape index (κ1) is 16.0. The molecule has 2 rings (SSSR count). The van der Waals surface area contributed by atoms with Crippen LogP contribution in [0.5, 0.6) is 0 Å². The lowest BCUT2D eigenvalue weighted by Gasteiger charge is -2.22. The largest absolute Gasteiger partial charge is 0.416 e. The zero-order valence-corrected chi connectivity index (χ0v) is 12.8. The van der Waals surface area contributed by atoms with E-state index in [-0.39, 0.29) is 0 Å². The second-order valence-corrected chi connectivity index (χ2v) is 6.24. The predicted octanol–water partition coefficient (Wildman–Crippen LogP) is 5.16. The summed E-state index contributed by atoms with van der Waals surface area (Å²) in [5, 5.41) is 3.24. The Morgan fingerprint density at radius 2 is 1.86 bits per heavy atom. The molecule has 0 amide bonds. The van der Waals surface area contributed by atoms with Crippen molar-refractivity contribution in [2.45, 2.75) is 32.5 Å². The molecule has 0 saturated heterocycles. The highest BCUT2D eigenvalue weighted by molar-refractivity contribution is 7.12. The third-order valence-electron chi connectivity index (χ3n) is 3.22. The van der Waals surface area contributed by atoms with Gasteiger partial charge in [0, 0.05) is 9.75 Å². The fourth-order valence-corrected chi connectivity index (χ4v) is 3.24. The Hall–Kier alpha value is -1.33. The fraction of sp³-hybridized carbons (Fsp3) is 0.375. The minimum absolute atomic E-state index is 0.292. The number of aryl methyl sites for hydroxylation is 1. The molecular weight excluding hydrogens is 295 g/mol. The van der Waals surface area contributed by atoms with Crippen LogP contribution < -0.4 is 5.32 Å². The Kier molecular flexibility index (Phi) is 5.06. The van der Waals surface area contributed by atoms with Crippen LogP contribution in [0.3, 0.4) is 0 Å². The molecule has 0 fully saturated rings. The molecular formula is C16H18F3NS. The van der Waals surface area contributed by atoms with Gasteiger partial charge < -0.3 is 5.32 Å². The molecule has 1 unspecified atom stereocenters. The van der Waals surface area contributed by atoms with E-state index in [1.54, 1.807) is 12.1 Å². The van der Waals surface area contributed by atoms with Gasteiger partial charge in [-0.2, -0.15) is 13.2 Å². The number of halogens is 3. The summed E-state index contributed by atoms with van der Waals surface area (Å²) in [7, 11) is 0. The van der Waals surface area contributed by atoms with E-state index >= 15 is 0 Å². The van der Waals surface area contributed by atoms with E-state index in [2.05, 4.69) is 5.32 Å². The molecule has 0 radical (unpaired) electrons. The third-order valence-corrected chi connectivity index (χ3v) is 4.29. The Morgan fingerprint density at radius 1 is 1.14 bits per heavy atom. The molecule has 21 heavy (non-hydrogen) atoms. The van der Waals surface area contributed by atoms with Crippen LogP contribution in [0.2, 0.25) is 0 Å². The quantitative estimate of drug-likeness (QED) is 0.803. The molecule has 1 N–H and O–H groups in total. The molecule has 0 saturated carbocycles. The van der Waals surface area contributed by atoms with Gasteiger partial charge >= 0.3 is 6.18 Å². The lowest BCUT2D eigenvalue weighted by molar-refractivity contribution is -0.138. The fourth-order valence-electron chi connectivity index (χ4n) is 2.27. The maximum absolute atomic E-state index is 13.2. The van der Waals surface area contributed by atoms with E-state index in [9.17, 15) is 13.2 Å². The van der Waals surface area contributed by atoms with Crippen molar-refractivity contribution in [3.8, 4) is 0 Å². The standard InChI is InChI=1S/C16H18F3NS/c1-3-10-20-15(14-9-8-11(2)21-14)12-6-4-5-7-13(12)16(17,18)19/h4-9,15,20H,3,10H2,1-2H3. The first-order valence-electron chi connectivity index (χ1n) is 6.89. The first-order chi connectivity index (χ1) is 9.93. The average molecular weight is 313 g/mol. The summed E-state index contributed by atoms with van der Waals surface area (Å²) in [4.78, 5) is 2.01. The molecule has 1 nitrogen and oxygen atoms in total. The second-order valence-electron chi connectivity index (χ2n) is 4.92. The molecule has 2 aromatic rings. The van der Waals surface area contributed by atoms with Gasteiger partial charge in [0.1, 0.15) is 0 Å². The molecule has 5 heteroatoms. The van der Waals surface area contributed by atoms with Gasteiger partial charge in [-0.05, 0) is 43.7 Å². The van der Waals surface area contributed by atoms with Gasteiger partial charge in [-0.15, -0.1) is 11.3 Å². The van der Waals surface area contributed by atoms with E-state index in [0.29, 0.717) is 12.1 Å². The number of alkyl halides is 3. The van der Waals surface area contributed by atoms with Crippen LogP contribution in [0.1, 0.15) is 40.3 Å². The monoisotopic (exact) mass is 313 g/mol.